The van der Waals surface area contributed by atoms with E-state index in [1.165, 1.54) is 0 Å². The zero-order chi connectivity index (χ0) is 58.1. The fraction of sp³-hybridized carbons (Fsp3) is 0.467. The van der Waals surface area contributed by atoms with Gasteiger partial charge in [-0.05, 0) is 54.8 Å². The standard InChI is InChI=1S/C15H6F15N5OS.C15H5F15N4O2S/c16-9(17,7(36)31-5-2-1-3-6(4-5)35-8(37)32-33-34-35)10(18,19)11(20,21)12(22,23)13(24,25)14(26,27)15(28,29)30;16-9(17,7(35)36-6-3-1-2-5(4-6)34-8(37)31-32-33-34)10(18,19)11(20,21)12(22,23)13(24,25)14(26,27)15(28,29)30/h1-4H,(H,31,36)(H,32,34,37);1-4H,(H,31,33,37). The molecule has 0 aliphatic rings. The molecule has 0 bridgehead atoms. The summed E-state index contributed by atoms with van der Waals surface area (Å²) in [6.45, 7) is 0. The van der Waals surface area contributed by atoms with Gasteiger partial charge in [0.15, 0.2) is 0 Å². The normalized spacial score (nSPS) is 14.6. The van der Waals surface area contributed by atoms with Crippen LogP contribution in [-0.4, -0.2) is 136 Å². The van der Waals surface area contributed by atoms with E-state index >= 15 is 0 Å². The van der Waals surface area contributed by atoms with Gasteiger partial charge in [0.2, 0.25) is 9.54 Å². The van der Waals surface area contributed by atoms with E-state index < -0.39 is 107 Å². The molecule has 0 unspecified atom stereocenters. The van der Waals surface area contributed by atoms with E-state index in [-0.39, 0.29) is 20.9 Å². The summed E-state index contributed by atoms with van der Waals surface area (Å²) in [5.74, 6) is -106. The first-order valence-electron chi connectivity index (χ1n) is 17.2. The average molecular weight is 1180 g/mol. The molecule has 0 spiro atoms. The number of hydrogen-bond donors (Lipinski definition) is 3. The molecule has 2 heterocycles. The number of amides is 1. The maximum atomic E-state index is 14.0. The van der Waals surface area contributed by atoms with Crippen LogP contribution in [0.1, 0.15) is 0 Å². The average Bonchev–Trinajstić information content (AvgIpc) is 3.89. The number of nitrogens with one attached hydrogen (secondary N) is 3. The fourth-order valence-electron chi connectivity index (χ4n) is 4.72. The highest BCUT2D eigenvalue weighted by Gasteiger charge is 2.95. The van der Waals surface area contributed by atoms with Gasteiger partial charge in [-0.1, -0.05) is 32.8 Å². The highest BCUT2D eigenvalue weighted by Crippen LogP contribution is 2.64. The van der Waals surface area contributed by atoms with Gasteiger partial charge in [0.25, 0.3) is 0 Å². The number of benzene rings is 2. The Morgan fingerprint density at radius 3 is 1.12 bits per heavy atom. The highest BCUT2D eigenvalue weighted by molar-refractivity contribution is 7.71. The van der Waals surface area contributed by atoms with Gasteiger partial charge < -0.3 is 10.1 Å². The Morgan fingerprint density at radius 2 is 0.770 bits per heavy atom. The molecule has 0 atom stereocenters. The van der Waals surface area contributed by atoms with Crippen LogP contribution in [0.25, 0.3) is 11.4 Å². The Morgan fingerprint density at radius 1 is 0.446 bits per heavy atom. The van der Waals surface area contributed by atoms with Gasteiger partial charge in [-0.25, -0.2) is 14.2 Å². The van der Waals surface area contributed by atoms with E-state index in [0.29, 0.717) is 24.3 Å². The number of tetrazole rings is 2. The number of aromatic nitrogens is 8. The van der Waals surface area contributed by atoms with Gasteiger partial charge >= 0.3 is 95.3 Å². The quantitative estimate of drug-likeness (QED) is 0.0431. The number of alkyl halides is 30. The molecule has 0 aliphatic carbocycles. The molecule has 44 heteroatoms. The molecule has 12 nitrogen and oxygen atoms in total. The molecule has 4 rings (SSSR count). The topological polar surface area (TPSA) is 148 Å². The summed E-state index contributed by atoms with van der Waals surface area (Å²) in [5.41, 5.74) is -1.48. The minimum absolute atomic E-state index is 0.228. The second-order valence-electron chi connectivity index (χ2n) is 13.6. The van der Waals surface area contributed by atoms with Crippen molar-refractivity contribution < 1.29 is 146 Å². The molecular formula is C30H11F30N9O3S2. The number of aromatic amines is 2. The van der Waals surface area contributed by atoms with Gasteiger partial charge in [0.05, 0.1) is 11.4 Å². The van der Waals surface area contributed by atoms with Gasteiger partial charge in [-0.2, -0.15) is 142 Å². The fourth-order valence-corrected chi connectivity index (χ4v) is 5.10. The molecule has 1 amide bonds. The third-order valence-corrected chi connectivity index (χ3v) is 9.32. The lowest BCUT2D eigenvalue weighted by Crippen LogP contribution is -2.73. The third kappa shape index (κ3) is 9.60. The number of anilines is 1. The number of esters is 1. The maximum absolute atomic E-state index is 14.0. The molecule has 4 aromatic rings. The molecule has 0 radical (unpaired) electrons. The van der Waals surface area contributed by atoms with Crippen LogP contribution >= 0.6 is 24.4 Å². The van der Waals surface area contributed by atoms with Gasteiger partial charge in [0.1, 0.15) is 5.75 Å². The Hall–Kier alpha value is -6.14. The Kier molecular flexibility index (Phi) is 15.9. The molecular weight excluding hydrogens is 1170 g/mol. The third-order valence-electron chi connectivity index (χ3n) is 8.79. The van der Waals surface area contributed by atoms with Gasteiger partial charge in [0, 0.05) is 11.8 Å². The summed E-state index contributed by atoms with van der Waals surface area (Å²) in [4.78, 5) is 23.1. The number of hydrogen-bond acceptors (Lipinski definition) is 9. The van der Waals surface area contributed by atoms with Crippen molar-refractivity contribution in [3.8, 4) is 17.1 Å². The SMILES string of the molecule is O=C(Nc1cccc(-n2[nH]nnc2=S)c1)C(F)(F)C(F)(F)C(F)(F)C(F)(F)C(F)(F)C(F)(F)C(F)(F)F.O=C(Oc1cccc(-n2[nH]nnc2=S)c1)C(F)(F)C(F)(F)C(F)(F)C(F)(F)C(F)(F)C(F)(F)C(F)(F)F. The van der Waals surface area contributed by atoms with Crippen LogP contribution in [0.5, 0.6) is 5.75 Å². The maximum Gasteiger partial charge on any atom is 0.460 e. The largest absolute Gasteiger partial charge is 0.460 e. The number of carbonyl (C=O) groups excluding carboxylic acids is 2. The van der Waals surface area contributed by atoms with E-state index in [0.717, 1.165) is 38.9 Å². The minimum atomic E-state index is -8.52. The van der Waals surface area contributed by atoms with E-state index in [1.807, 2.05) is 0 Å². The Bertz CT molecular complexity index is 2630. The van der Waals surface area contributed by atoms with Crippen molar-refractivity contribution in [1.29, 1.82) is 0 Å². The van der Waals surface area contributed by atoms with Crippen LogP contribution < -0.4 is 10.1 Å². The predicted molar refractivity (Wildman–Crippen MR) is 179 cm³/mol. The first kappa shape index (κ1) is 62.2. The van der Waals surface area contributed by atoms with Crippen molar-refractivity contribution in [2.24, 2.45) is 0 Å². The second-order valence-corrected chi connectivity index (χ2v) is 14.3. The first-order valence-corrected chi connectivity index (χ1v) is 18.0. The van der Waals surface area contributed by atoms with Crippen LogP contribution in [0.3, 0.4) is 0 Å². The summed E-state index contributed by atoms with van der Waals surface area (Å²) in [5, 5.41) is 18.0. The summed E-state index contributed by atoms with van der Waals surface area (Å²) >= 11 is 9.33. The number of nitrogens with zero attached hydrogens (tertiary/aromatic N) is 6. The summed E-state index contributed by atoms with van der Waals surface area (Å²) in [6, 6.07) is 6.15. The van der Waals surface area contributed by atoms with Crippen molar-refractivity contribution in [2.45, 2.75) is 83.4 Å². The molecule has 2 aromatic heterocycles. The van der Waals surface area contributed by atoms with Crippen LogP contribution in [0.15, 0.2) is 48.5 Å². The molecule has 0 saturated heterocycles. The number of carbonyl (C=O) groups is 2. The summed E-state index contributed by atoms with van der Waals surface area (Å²) in [6.07, 6.45) is -15.5. The smallest absolute Gasteiger partial charge is 0.422 e. The van der Waals surface area contributed by atoms with E-state index in [4.69, 9.17) is 0 Å². The van der Waals surface area contributed by atoms with Gasteiger partial charge in [-0.15, -0.1) is 0 Å². The van der Waals surface area contributed by atoms with Crippen molar-refractivity contribution in [1.82, 2.24) is 40.4 Å². The zero-order valence-electron chi connectivity index (χ0n) is 33.2. The number of H-pyrrole nitrogens is 2. The molecule has 3 N–H and O–H groups in total. The highest BCUT2D eigenvalue weighted by atomic mass is 32.1. The summed E-state index contributed by atoms with van der Waals surface area (Å²) in [7, 11) is 0. The lowest BCUT2D eigenvalue weighted by Gasteiger charge is -2.41. The lowest BCUT2D eigenvalue weighted by atomic mass is 9.91. The lowest BCUT2D eigenvalue weighted by molar-refractivity contribution is -0.450. The number of halogens is 30. The molecule has 0 saturated carbocycles. The minimum Gasteiger partial charge on any atom is -0.422 e. The van der Waals surface area contributed by atoms with Gasteiger partial charge in [-0.3, -0.25) is 4.79 Å². The monoisotopic (exact) mass is 1180 g/mol. The van der Waals surface area contributed by atoms with E-state index in [9.17, 15) is 141 Å². The second kappa shape index (κ2) is 18.9. The predicted octanol–water partition coefficient (Wildman–Crippen LogP) is 11.2. The van der Waals surface area contributed by atoms with Crippen molar-refractivity contribution in [3.63, 3.8) is 0 Å². The molecule has 0 fully saturated rings. The number of ether oxygens (including phenoxy) is 1. The van der Waals surface area contributed by atoms with Crippen LogP contribution in [0, 0.1) is 9.54 Å². The van der Waals surface area contributed by atoms with E-state index in [1.54, 1.807) is 0 Å². The zero-order valence-corrected chi connectivity index (χ0v) is 34.8. The van der Waals surface area contributed by atoms with Crippen molar-refractivity contribution in [3.05, 3.63) is 58.1 Å². The first-order chi connectivity index (χ1) is 32.8. The van der Waals surface area contributed by atoms with Crippen LogP contribution in [-0.2, 0) is 9.59 Å². The van der Waals surface area contributed by atoms with Crippen LogP contribution in [0.2, 0.25) is 0 Å². The Balaban J connectivity index is 0.000000390. The number of rotatable bonds is 16. The van der Waals surface area contributed by atoms with E-state index in [2.05, 4.69) is 60.2 Å². The molecule has 416 valence electrons. The molecule has 0 aliphatic heterocycles. The Labute approximate surface area is 392 Å². The van der Waals surface area contributed by atoms with Crippen molar-refractivity contribution >= 4 is 42.0 Å². The van der Waals surface area contributed by atoms with Crippen LogP contribution in [0.4, 0.5) is 137 Å². The molecule has 74 heavy (non-hydrogen) atoms. The van der Waals surface area contributed by atoms with Crippen molar-refractivity contribution in [2.75, 3.05) is 5.32 Å². The summed E-state index contributed by atoms with van der Waals surface area (Å²) < 4.78 is 401. The molecule has 2 aromatic carbocycles.